The summed E-state index contributed by atoms with van der Waals surface area (Å²) in [5.74, 6) is 0.0162. The molecule has 0 aromatic heterocycles. The van der Waals surface area contributed by atoms with Crippen LogP contribution in [-0.4, -0.2) is 0 Å². The third kappa shape index (κ3) is 3.14. The van der Waals surface area contributed by atoms with Crippen molar-refractivity contribution in [2.75, 3.05) is 0 Å². The molecule has 0 fully saturated rings. The predicted octanol–water partition coefficient (Wildman–Crippen LogP) is 4.58. The predicted molar refractivity (Wildman–Crippen MR) is 76.0 cm³/mol. The van der Waals surface area contributed by atoms with Crippen LogP contribution in [0.1, 0.15) is 29.2 Å². The molecule has 2 rings (SSSR count). The molecule has 0 aliphatic carbocycles. The van der Waals surface area contributed by atoms with Crippen molar-refractivity contribution >= 4 is 0 Å². The topological polar surface area (TPSA) is 9.23 Å². The van der Waals surface area contributed by atoms with Crippen molar-refractivity contribution in [3.8, 4) is 5.75 Å². The first-order chi connectivity index (χ1) is 9.11. The Morgan fingerprint density at radius 1 is 1.11 bits per heavy atom. The molecule has 0 aliphatic rings. The Morgan fingerprint density at radius 2 is 1.89 bits per heavy atom. The molecule has 0 N–H and O–H groups in total. The molecule has 1 nitrogen and oxygen atoms in total. The van der Waals surface area contributed by atoms with Gasteiger partial charge in [0.1, 0.15) is 6.61 Å². The molecule has 0 unspecified atom stereocenters. The number of halogens is 1. The number of hydrogen-bond donors (Lipinski definition) is 0. The summed E-state index contributed by atoms with van der Waals surface area (Å²) in [6, 6.07) is 11.1. The molecule has 0 bridgehead atoms. The van der Waals surface area contributed by atoms with Gasteiger partial charge in [0.2, 0.25) is 0 Å². The van der Waals surface area contributed by atoms with Crippen LogP contribution in [0.5, 0.6) is 5.75 Å². The highest BCUT2D eigenvalue weighted by Crippen LogP contribution is 2.22. The van der Waals surface area contributed by atoms with E-state index < -0.39 is 0 Å². The van der Waals surface area contributed by atoms with E-state index in [0.717, 1.165) is 17.5 Å². The maximum Gasteiger partial charge on any atom is 0.165 e. The van der Waals surface area contributed by atoms with Crippen LogP contribution in [0.2, 0.25) is 0 Å². The molecule has 0 spiro atoms. The van der Waals surface area contributed by atoms with E-state index in [1.165, 1.54) is 17.2 Å². The van der Waals surface area contributed by atoms with E-state index in [0.29, 0.717) is 12.4 Å². The van der Waals surface area contributed by atoms with E-state index in [1.807, 2.05) is 13.0 Å². The molecule has 100 valence electrons. The van der Waals surface area contributed by atoms with Crippen LogP contribution in [0.4, 0.5) is 4.39 Å². The Labute approximate surface area is 114 Å². The second-order valence-electron chi connectivity index (χ2n) is 4.79. The maximum absolute atomic E-state index is 13.6. The molecule has 2 heteroatoms. The summed E-state index contributed by atoms with van der Waals surface area (Å²) < 4.78 is 19.3. The lowest BCUT2D eigenvalue weighted by Crippen LogP contribution is -2.03. The first kappa shape index (κ1) is 13.6. The van der Waals surface area contributed by atoms with Gasteiger partial charge in [-0.25, -0.2) is 4.39 Å². The third-order valence-corrected chi connectivity index (χ3v) is 3.35. The molecule has 0 saturated carbocycles. The minimum absolute atomic E-state index is 0.308. The Bertz CT molecular complexity index is 575. The second-order valence-corrected chi connectivity index (χ2v) is 4.79. The molecular formula is C17H19FO. The number of ether oxygens (including phenoxy) is 1. The monoisotopic (exact) mass is 258 g/mol. The second kappa shape index (κ2) is 5.87. The molecule has 2 aromatic carbocycles. The average Bonchev–Trinajstić information content (AvgIpc) is 2.40. The van der Waals surface area contributed by atoms with Crippen LogP contribution in [-0.2, 0) is 13.0 Å². The van der Waals surface area contributed by atoms with Crippen LogP contribution in [0.3, 0.4) is 0 Å². The highest BCUT2D eigenvalue weighted by Gasteiger charge is 2.08. The lowest BCUT2D eigenvalue weighted by atomic mass is 10.0. The standard InChI is InChI=1S/C17H19FO/c1-4-14-7-5-6-13(3)15(14)11-19-17-10-12(2)8-9-16(17)18/h5-10H,4,11H2,1-3H3. The minimum Gasteiger partial charge on any atom is -0.486 e. The Morgan fingerprint density at radius 3 is 2.63 bits per heavy atom. The van der Waals surface area contributed by atoms with E-state index in [-0.39, 0.29) is 5.82 Å². The summed E-state index contributed by atoms with van der Waals surface area (Å²) >= 11 is 0. The van der Waals surface area contributed by atoms with E-state index in [1.54, 1.807) is 12.1 Å². The van der Waals surface area contributed by atoms with Gasteiger partial charge in [-0.05, 0) is 54.7 Å². The third-order valence-electron chi connectivity index (χ3n) is 3.35. The number of rotatable bonds is 4. The zero-order chi connectivity index (χ0) is 13.8. The summed E-state index contributed by atoms with van der Waals surface area (Å²) in [6.45, 7) is 6.52. The smallest absolute Gasteiger partial charge is 0.165 e. The molecule has 0 radical (unpaired) electrons. The van der Waals surface area contributed by atoms with Crippen molar-refractivity contribution in [1.29, 1.82) is 0 Å². The molecular weight excluding hydrogens is 239 g/mol. The molecule has 0 aliphatic heterocycles. The van der Waals surface area contributed by atoms with Crippen LogP contribution >= 0.6 is 0 Å². The zero-order valence-electron chi connectivity index (χ0n) is 11.7. The average molecular weight is 258 g/mol. The molecule has 2 aromatic rings. The van der Waals surface area contributed by atoms with E-state index >= 15 is 0 Å². The highest BCUT2D eigenvalue weighted by atomic mass is 19.1. The minimum atomic E-state index is -0.308. The maximum atomic E-state index is 13.6. The van der Waals surface area contributed by atoms with E-state index in [4.69, 9.17) is 4.74 Å². The molecule has 0 saturated heterocycles. The Hall–Kier alpha value is -1.83. The first-order valence-corrected chi connectivity index (χ1v) is 6.58. The number of benzene rings is 2. The van der Waals surface area contributed by atoms with Crippen molar-refractivity contribution in [3.63, 3.8) is 0 Å². The fourth-order valence-electron chi connectivity index (χ4n) is 2.17. The lowest BCUT2D eigenvalue weighted by molar-refractivity contribution is 0.288. The summed E-state index contributed by atoms with van der Waals surface area (Å²) in [5.41, 5.74) is 4.60. The largest absolute Gasteiger partial charge is 0.486 e. The van der Waals surface area contributed by atoms with Crippen LogP contribution in [0.25, 0.3) is 0 Å². The van der Waals surface area contributed by atoms with E-state index in [2.05, 4.69) is 26.0 Å². The Balaban J connectivity index is 2.21. The summed E-state index contributed by atoms with van der Waals surface area (Å²) in [7, 11) is 0. The van der Waals surface area contributed by atoms with Crippen LogP contribution < -0.4 is 4.74 Å². The SMILES string of the molecule is CCc1cccc(C)c1COc1cc(C)ccc1F. The van der Waals surface area contributed by atoms with Gasteiger partial charge in [-0.15, -0.1) is 0 Å². The van der Waals surface area contributed by atoms with Crippen molar-refractivity contribution < 1.29 is 9.13 Å². The van der Waals surface area contributed by atoms with Crippen molar-refractivity contribution in [2.45, 2.75) is 33.8 Å². The van der Waals surface area contributed by atoms with Gasteiger partial charge in [0.05, 0.1) is 0 Å². The fraction of sp³-hybridized carbons (Fsp3) is 0.294. The number of aryl methyl sites for hydroxylation is 3. The normalized spacial score (nSPS) is 10.5. The van der Waals surface area contributed by atoms with Crippen LogP contribution in [0, 0.1) is 19.7 Å². The molecule has 19 heavy (non-hydrogen) atoms. The fourth-order valence-corrected chi connectivity index (χ4v) is 2.17. The molecule has 0 heterocycles. The van der Waals surface area contributed by atoms with Crippen molar-refractivity contribution in [3.05, 3.63) is 64.5 Å². The summed E-state index contributed by atoms with van der Waals surface area (Å²) in [6.07, 6.45) is 0.955. The van der Waals surface area contributed by atoms with Crippen molar-refractivity contribution in [2.24, 2.45) is 0 Å². The summed E-state index contributed by atoms with van der Waals surface area (Å²) in [4.78, 5) is 0. The van der Waals surface area contributed by atoms with Gasteiger partial charge in [-0.2, -0.15) is 0 Å². The molecule has 0 amide bonds. The first-order valence-electron chi connectivity index (χ1n) is 6.58. The van der Waals surface area contributed by atoms with Crippen molar-refractivity contribution in [1.82, 2.24) is 0 Å². The van der Waals surface area contributed by atoms with Gasteiger partial charge in [0.25, 0.3) is 0 Å². The Kier molecular flexibility index (Phi) is 4.20. The van der Waals surface area contributed by atoms with Gasteiger partial charge in [0, 0.05) is 0 Å². The number of hydrogen-bond acceptors (Lipinski definition) is 1. The van der Waals surface area contributed by atoms with Crippen LogP contribution in [0.15, 0.2) is 36.4 Å². The molecule has 0 atom stereocenters. The van der Waals surface area contributed by atoms with Gasteiger partial charge in [0.15, 0.2) is 11.6 Å². The van der Waals surface area contributed by atoms with E-state index in [9.17, 15) is 4.39 Å². The van der Waals surface area contributed by atoms with Gasteiger partial charge in [-0.1, -0.05) is 31.2 Å². The quantitative estimate of drug-likeness (QED) is 0.779. The highest BCUT2D eigenvalue weighted by molar-refractivity contribution is 5.35. The van der Waals surface area contributed by atoms with Gasteiger partial charge >= 0.3 is 0 Å². The summed E-state index contributed by atoms with van der Waals surface area (Å²) in [5, 5.41) is 0. The van der Waals surface area contributed by atoms with Gasteiger partial charge < -0.3 is 4.74 Å². The van der Waals surface area contributed by atoms with Gasteiger partial charge in [-0.3, -0.25) is 0 Å². The lowest BCUT2D eigenvalue weighted by Gasteiger charge is -2.13. The zero-order valence-corrected chi connectivity index (χ0v) is 11.7.